The topological polar surface area (TPSA) is 76.7 Å². The van der Waals surface area contributed by atoms with E-state index >= 15 is 0 Å². The van der Waals surface area contributed by atoms with Crippen LogP contribution in [0, 0.1) is 23.2 Å². The molecule has 6 rings (SSSR count). The average Bonchev–Trinajstić information content (AvgIpc) is 2.99. The smallest absolute Gasteiger partial charge is 0.317 e. The number of rotatable bonds is 4. The molecule has 0 spiro atoms. The Morgan fingerprint density at radius 1 is 1.17 bits per heavy atom. The summed E-state index contributed by atoms with van der Waals surface area (Å²) in [5, 5.41) is 5.63. The Morgan fingerprint density at radius 3 is 2.33 bits per heavy atom. The molecule has 1 aromatic carbocycles. The number of halogens is 1. The summed E-state index contributed by atoms with van der Waals surface area (Å²) in [6.45, 7) is 0. The number of hydrogen-bond donors (Lipinski definition) is 2. The number of carbonyl (C=O) groups excluding carboxylic acids is 2. The van der Waals surface area contributed by atoms with Crippen LogP contribution in [-0.4, -0.2) is 24.1 Å². The highest BCUT2D eigenvalue weighted by atomic mass is 79.9. The van der Waals surface area contributed by atoms with E-state index in [4.69, 9.17) is 21.7 Å². The molecule has 0 radical (unpaired) electrons. The van der Waals surface area contributed by atoms with Crippen LogP contribution in [0.2, 0.25) is 0 Å². The van der Waals surface area contributed by atoms with Crippen molar-refractivity contribution in [3.63, 3.8) is 0 Å². The van der Waals surface area contributed by atoms with Crippen LogP contribution in [0.5, 0.6) is 11.5 Å². The maximum Gasteiger partial charge on any atom is 0.317 e. The van der Waals surface area contributed by atoms with E-state index in [1.807, 2.05) is 0 Å². The molecule has 1 aromatic rings. The first-order chi connectivity index (χ1) is 14.3. The molecule has 5 fully saturated rings. The minimum Gasteiger partial charge on any atom is -0.493 e. The second kappa shape index (κ2) is 7.34. The van der Waals surface area contributed by atoms with E-state index in [1.165, 1.54) is 26.4 Å². The lowest BCUT2D eigenvalue weighted by molar-refractivity contribution is -0.161. The van der Waals surface area contributed by atoms with Crippen molar-refractivity contribution < 1.29 is 19.1 Å². The van der Waals surface area contributed by atoms with Gasteiger partial charge in [-0.15, -0.1) is 0 Å². The lowest BCUT2D eigenvalue weighted by atomic mass is 9.49. The molecule has 1 aliphatic heterocycles. The van der Waals surface area contributed by atoms with Crippen LogP contribution in [0.15, 0.2) is 22.3 Å². The molecule has 158 valence electrons. The quantitative estimate of drug-likeness (QED) is 0.288. The van der Waals surface area contributed by atoms with E-state index in [0.29, 0.717) is 39.4 Å². The number of carbonyl (C=O) groups is 2. The molecule has 0 atom stereocenters. The fourth-order valence-electron chi connectivity index (χ4n) is 6.13. The van der Waals surface area contributed by atoms with Gasteiger partial charge in [-0.1, -0.05) is 0 Å². The summed E-state index contributed by atoms with van der Waals surface area (Å²) in [5.41, 5.74) is 0.726. The predicted octanol–water partition coefficient (Wildman–Crippen LogP) is 3.92. The summed E-state index contributed by atoms with van der Waals surface area (Å²) in [7, 11) is 1.54. The van der Waals surface area contributed by atoms with Gasteiger partial charge < -0.3 is 14.8 Å². The number of nitrogens with one attached hydrogen (secondary N) is 2. The number of hydrogen-bond acceptors (Lipinski definition) is 5. The van der Waals surface area contributed by atoms with Gasteiger partial charge in [-0.05, 0) is 108 Å². The van der Waals surface area contributed by atoms with E-state index < -0.39 is 0 Å². The summed E-state index contributed by atoms with van der Waals surface area (Å²) in [5.74, 6) is 2.41. The first-order valence-electron chi connectivity index (χ1n) is 10.3. The first kappa shape index (κ1) is 20.0. The normalized spacial score (nSPS) is 32.9. The van der Waals surface area contributed by atoms with Crippen LogP contribution < -0.4 is 20.1 Å². The molecule has 6 nitrogen and oxygen atoms in total. The van der Waals surface area contributed by atoms with Crippen molar-refractivity contribution in [3.8, 4) is 11.5 Å². The Bertz CT molecular complexity index is 954. The van der Waals surface area contributed by atoms with Crippen LogP contribution >= 0.6 is 28.1 Å². The van der Waals surface area contributed by atoms with Gasteiger partial charge in [0, 0.05) is 0 Å². The lowest BCUT2D eigenvalue weighted by Gasteiger charge is -2.55. The van der Waals surface area contributed by atoms with E-state index in [1.54, 1.807) is 18.2 Å². The molecule has 1 saturated heterocycles. The molecule has 8 heteroatoms. The fourth-order valence-corrected chi connectivity index (χ4v) is 6.88. The number of amides is 1. The molecular weight excluding hydrogens is 468 g/mol. The van der Waals surface area contributed by atoms with E-state index in [-0.39, 0.29) is 22.4 Å². The average molecular weight is 491 g/mol. The molecule has 2 N–H and O–H groups in total. The van der Waals surface area contributed by atoms with Gasteiger partial charge in [0.15, 0.2) is 16.6 Å². The highest BCUT2D eigenvalue weighted by Gasteiger charge is 2.55. The van der Waals surface area contributed by atoms with E-state index in [2.05, 4.69) is 26.6 Å². The second-order valence-electron chi connectivity index (χ2n) is 9.09. The van der Waals surface area contributed by atoms with Crippen molar-refractivity contribution in [1.29, 1.82) is 0 Å². The molecule has 4 bridgehead atoms. The lowest BCUT2D eigenvalue weighted by Crippen LogP contribution is -2.51. The predicted molar refractivity (Wildman–Crippen MR) is 119 cm³/mol. The largest absolute Gasteiger partial charge is 0.493 e. The van der Waals surface area contributed by atoms with E-state index in [0.717, 1.165) is 24.8 Å². The highest BCUT2D eigenvalue weighted by Crippen LogP contribution is 2.60. The summed E-state index contributed by atoms with van der Waals surface area (Å²) >= 11 is 8.49. The zero-order chi connectivity index (χ0) is 21.0. The van der Waals surface area contributed by atoms with Crippen LogP contribution in [-0.2, 0) is 9.59 Å². The summed E-state index contributed by atoms with van der Waals surface area (Å²) in [6.07, 6.45) is 8.33. The summed E-state index contributed by atoms with van der Waals surface area (Å²) < 4.78 is 12.1. The number of thiocarbonyl (C=S) groups is 1. The Hall–Kier alpha value is -1.93. The van der Waals surface area contributed by atoms with Gasteiger partial charge in [0.05, 0.1) is 17.0 Å². The standard InChI is InChI=1S/C22H23BrN2O4S/c1-28-17-7-11(6-16-19(26)25-21(30)24-16)5-15(23)18(17)29-20(27)22-8-12-2-13(9-22)4-14(3-12)10-22/h5-7,12-14H,2-4,8-10H2,1H3,(H2,24,25,26,30)/b16-6-. The van der Waals surface area contributed by atoms with Crippen LogP contribution in [0.4, 0.5) is 0 Å². The maximum absolute atomic E-state index is 13.3. The number of esters is 1. The highest BCUT2D eigenvalue weighted by molar-refractivity contribution is 9.10. The number of benzene rings is 1. The zero-order valence-electron chi connectivity index (χ0n) is 16.6. The Morgan fingerprint density at radius 2 is 1.80 bits per heavy atom. The van der Waals surface area contributed by atoms with Gasteiger partial charge in [0.1, 0.15) is 5.70 Å². The minimum absolute atomic E-state index is 0.131. The summed E-state index contributed by atoms with van der Waals surface area (Å²) in [6, 6.07) is 3.55. The molecule has 1 amide bonds. The number of methoxy groups -OCH3 is 1. The van der Waals surface area contributed by atoms with Crippen molar-refractivity contribution >= 4 is 51.2 Å². The molecule has 1 heterocycles. The maximum atomic E-state index is 13.3. The van der Waals surface area contributed by atoms with Gasteiger partial charge >= 0.3 is 5.97 Å². The van der Waals surface area contributed by atoms with Crippen molar-refractivity contribution in [2.45, 2.75) is 38.5 Å². The van der Waals surface area contributed by atoms with Gasteiger partial charge in [0.25, 0.3) is 5.91 Å². The van der Waals surface area contributed by atoms with Gasteiger partial charge in [-0.3, -0.25) is 14.9 Å². The van der Waals surface area contributed by atoms with Gasteiger partial charge in [-0.2, -0.15) is 0 Å². The van der Waals surface area contributed by atoms with Crippen LogP contribution in [0.3, 0.4) is 0 Å². The number of ether oxygens (including phenoxy) is 2. The van der Waals surface area contributed by atoms with E-state index in [9.17, 15) is 9.59 Å². The molecular formula is C22H23BrN2O4S. The molecule has 30 heavy (non-hydrogen) atoms. The van der Waals surface area contributed by atoms with Crippen molar-refractivity contribution in [3.05, 3.63) is 27.9 Å². The third-order valence-electron chi connectivity index (χ3n) is 6.95. The molecule has 4 saturated carbocycles. The monoisotopic (exact) mass is 490 g/mol. The van der Waals surface area contributed by atoms with Gasteiger partial charge in [-0.25, -0.2) is 0 Å². The molecule has 0 aromatic heterocycles. The minimum atomic E-state index is -0.346. The molecule has 5 aliphatic rings. The summed E-state index contributed by atoms with van der Waals surface area (Å²) in [4.78, 5) is 25.2. The second-order valence-corrected chi connectivity index (χ2v) is 10.4. The molecule has 0 unspecified atom stereocenters. The SMILES string of the molecule is COc1cc(/C=C2\NC(=S)NC2=O)cc(Br)c1OC(=O)C12CC3CC(CC(C3)C1)C2. The Labute approximate surface area is 188 Å². The van der Waals surface area contributed by atoms with Crippen LogP contribution in [0.1, 0.15) is 44.1 Å². The Balaban J connectivity index is 1.41. The van der Waals surface area contributed by atoms with Crippen molar-refractivity contribution in [1.82, 2.24) is 10.6 Å². The molecule has 4 aliphatic carbocycles. The first-order valence-corrected chi connectivity index (χ1v) is 11.5. The Kier molecular flexibility index (Phi) is 4.89. The fraction of sp³-hybridized carbons (Fsp3) is 0.500. The van der Waals surface area contributed by atoms with Crippen molar-refractivity contribution in [2.75, 3.05) is 7.11 Å². The zero-order valence-corrected chi connectivity index (χ0v) is 19.0. The third kappa shape index (κ3) is 3.43. The van der Waals surface area contributed by atoms with Crippen LogP contribution in [0.25, 0.3) is 6.08 Å². The third-order valence-corrected chi connectivity index (χ3v) is 7.74. The van der Waals surface area contributed by atoms with Crippen molar-refractivity contribution in [2.24, 2.45) is 23.2 Å². The van der Waals surface area contributed by atoms with Gasteiger partial charge in [0.2, 0.25) is 0 Å².